The lowest BCUT2D eigenvalue weighted by Crippen LogP contribution is -2.27. The molecule has 1 amide bonds. The average molecular weight is 363 g/mol. The summed E-state index contributed by atoms with van der Waals surface area (Å²) in [7, 11) is 0. The van der Waals surface area contributed by atoms with Gasteiger partial charge in [0.05, 0.1) is 5.69 Å². The standard InChI is InChI=1S/C19H17N5OS/c20-10-12-13(11-6-2-1-3-7-11)14-15(21)16(26-18(14)23-17(12)22)19(25)24-8-4-5-9-24/h1-3,6-7H,4-5,8-9,21H2,(H2,22,23). The molecule has 26 heavy (non-hydrogen) atoms. The molecule has 0 unspecified atom stereocenters. The summed E-state index contributed by atoms with van der Waals surface area (Å²) >= 11 is 1.24. The fraction of sp³-hybridized carbons (Fsp3) is 0.211. The van der Waals surface area contributed by atoms with Crippen molar-refractivity contribution in [2.24, 2.45) is 0 Å². The lowest BCUT2D eigenvalue weighted by Gasteiger charge is -2.14. The van der Waals surface area contributed by atoms with Gasteiger partial charge in [-0.15, -0.1) is 11.3 Å². The molecule has 3 aromatic rings. The van der Waals surface area contributed by atoms with Crippen LogP contribution in [0.4, 0.5) is 11.5 Å². The predicted octanol–water partition coefficient (Wildman–Crippen LogP) is 3.24. The van der Waals surface area contributed by atoms with Gasteiger partial charge in [0.25, 0.3) is 5.91 Å². The normalized spacial score (nSPS) is 13.9. The number of nitriles is 1. The fourth-order valence-electron chi connectivity index (χ4n) is 3.40. The number of aromatic nitrogens is 1. The van der Waals surface area contributed by atoms with E-state index in [1.807, 2.05) is 35.2 Å². The number of amides is 1. The maximum Gasteiger partial charge on any atom is 0.266 e. The van der Waals surface area contributed by atoms with Crippen molar-refractivity contribution in [2.75, 3.05) is 24.6 Å². The lowest BCUT2D eigenvalue weighted by molar-refractivity contribution is 0.0798. The van der Waals surface area contributed by atoms with Crippen molar-refractivity contribution in [3.8, 4) is 17.2 Å². The highest BCUT2D eigenvalue weighted by Crippen LogP contribution is 2.43. The van der Waals surface area contributed by atoms with Crippen LogP contribution in [-0.2, 0) is 0 Å². The number of hydrogen-bond acceptors (Lipinski definition) is 6. The second-order valence-electron chi connectivity index (χ2n) is 6.25. The number of carbonyl (C=O) groups excluding carboxylic acids is 1. The van der Waals surface area contributed by atoms with E-state index < -0.39 is 0 Å². The fourth-order valence-corrected chi connectivity index (χ4v) is 4.48. The number of thiophene rings is 1. The molecular weight excluding hydrogens is 346 g/mol. The Morgan fingerprint density at radius 2 is 1.88 bits per heavy atom. The highest BCUT2D eigenvalue weighted by molar-refractivity contribution is 7.21. The van der Waals surface area contributed by atoms with Crippen LogP contribution in [0.3, 0.4) is 0 Å². The molecule has 4 rings (SSSR count). The van der Waals surface area contributed by atoms with Gasteiger partial charge >= 0.3 is 0 Å². The van der Waals surface area contributed by atoms with Gasteiger partial charge in [0, 0.05) is 24.0 Å². The molecular formula is C19H17N5OS. The van der Waals surface area contributed by atoms with E-state index in [1.165, 1.54) is 11.3 Å². The van der Waals surface area contributed by atoms with Gasteiger partial charge in [-0.2, -0.15) is 5.26 Å². The number of hydrogen-bond donors (Lipinski definition) is 2. The molecule has 7 heteroatoms. The molecule has 2 aromatic heterocycles. The number of benzene rings is 1. The Morgan fingerprint density at radius 3 is 2.54 bits per heavy atom. The second-order valence-corrected chi connectivity index (χ2v) is 7.25. The summed E-state index contributed by atoms with van der Waals surface area (Å²) in [4.78, 5) is 20.1. The van der Waals surface area contributed by atoms with Crippen molar-refractivity contribution < 1.29 is 4.79 Å². The molecule has 1 saturated heterocycles. The van der Waals surface area contributed by atoms with Crippen LogP contribution in [0, 0.1) is 11.3 Å². The van der Waals surface area contributed by atoms with Crippen LogP contribution in [0.5, 0.6) is 0 Å². The van der Waals surface area contributed by atoms with Gasteiger partial charge in [-0.25, -0.2) is 4.98 Å². The summed E-state index contributed by atoms with van der Waals surface area (Å²) in [5.41, 5.74) is 14.6. The molecule has 0 radical (unpaired) electrons. The first-order valence-corrected chi connectivity index (χ1v) is 9.19. The van der Waals surface area contributed by atoms with Gasteiger partial charge in [-0.1, -0.05) is 30.3 Å². The highest BCUT2D eigenvalue weighted by atomic mass is 32.1. The van der Waals surface area contributed by atoms with Gasteiger partial charge in [0.15, 0.2) is 0 Å². The van der Waals surface area contributed by atoms with Crippen molar-refractivity contribution in [3.05, 3.63) is 40.8 Å². The van der Waals surface area contributed by atoms with Gasteiger partial charge in [-0.3, -0.25) is 4.79 Å². The molecule has 1 aromatic carbocycles. The van der Waals surface area contributed by atoms with Gasteiger partial charge in [0.1, 0.15) is 27.2 Å². The van der Waals surface area contributed by atoms with Crippen molar-refractivity contribution in [1.82, 2.24) is 9.88 Å². The Bertz CT molecular complexity index is 1050. The van der Waals surface area contributed by atoms with E-state index in [-0.39, 0.29) is 17.3 Å². The second kappa shape index (κ2) is 6.32. The van der Waals surface area contributed by atoms with E-state index in [2.05, 4.69) is 11.1 Å². The number of anilines is 2. The van der Waals surface area contributed by atoms with Gasteiger partial charge < -0.3 is 16.4 Å². The number of nitrogens with two attached hydrogens (primary N) is 2. The number of likely N-dealkylation sites (tertiary alicyclic amines) is 1. The third-order valence-corrected chi connectivity index (χ3v) is 5.75. The Hall–Kier alpha value is -3.11. The Labute approximate surface area is 154 Å². The summed E-state index contributed by atoms with van der Waals surface area (Å²) in [5.74, 6) is 0.0827. The molecule has 1 aliphatic heterocycles. The first-order valence-electron chi connectivity index (χ1n) is 8.38. The van der Waals surface area contributed by atoms with Crippen LogP contribution >= 0.6 is 11.3 Å². The number of nitrogens with zero attached hydrogens (tertiary/aromatic N) is 3. The number of carbonyl (C=O) groups is 1. The Kier molecular flexibility index (Phi) is 3.98. The lowest BCUT2D eigenvalue weighted by atomic mass is 9.97. The van der Waals surface area contributed by atoms with Crippen molar-refractivity contribution >= 4 is 39.0 Å². The van der Waals surface area contributed by atoms with E-state index in [9.17, 15) is 10.1 Å². The van der Waals surface area contributed by atoms with E-state index >= 15 is 0 Å². The molecule has 6 nitrogen and oxygen atoms in total. The van der Waals surface area contributed by atoms with Crippen LogP contribution in [0.15, 0.2) is 30.3 Å². The highest BCUT2D eigenvalue weighted by Gasteiger charge is 2.27. The zero-order valence-electron chi connectivity index (χ0n) is 14.0. The smallest absolute Gasteiger partial charge is 0.266 e. The van der Waals surface area contributed by atoms with Crippen molar-refractivity contribution in [1.29, 1.82) is 5.26 Å². The molecule has 1 fully saturated rings. The maximum atomic E-state index is 12.9. The zero-order valence-corrected chi connectivity index (χ0v) is 14.8. The molecule has 1 aliphatic rings. The third kappa shape index (κ3) is 2.47. The molecule has 130 valence electrons. The maximum absolute atomic E-state index is 12.9. The number of pyridine rings is 1. The van der Waals surface area contributed by atoms with E-state index in [1.54, 1.807) is 0 Å². The molecule has 0 spiro atoms. The molecule has 0 atom stereocenters. The zero-order chi connectivity index (χ0) is 18.3. The van der Waals surface area contributed by atoms with Gasteiger partial charge in [-0.05, 0) is 18.4 Å². The topological polar surface area (TPSA) is 109 Å². The molecule has 4 N–H and O–H groups in total. The van der Waals surface area contributed by atoms with Crippen LogP contribution in [0.2, 0.25) is 0 Å². The van der Waals surface area contributed by atoms with Crippen molar-refractivity contribution in [2.45, 2.75) is 12.8 Å². The summed E-state index contributed by atoms with van der Waals surface area (Å²) in [6.45, 7) is 1.49. The minimum absolute atomic E-state index is 0.0703. The van der Waals surface area contributed by atoms with E-state index in [4.69, 9.17) is 11.5 Å². The minimum Gasteiger partial charge on any atom is -0.397 e. The summed E-state index contributed by atoms with van der Waals surface area (Å²) in [6, 6.07) is 11.6. The summed E-state index contributed by atoms with van der Waals surface area (Å²) in [6.07, 6.45) is 2.02. The molecule has 0 saturated carbocycles. The van der Waals surface area contributed by atoms with Crippen LogP contribution < -0.4 is 11.5 Å². The SMILES string of the molecule is N#Cc1c(N)nc2sc(C(=O)N3CCCC3)c(N)c2c1-c1ccccc1. The first kappa shape index (κ1) is 16.4. The third-order valence-electron chi connectivity index (χ3n) is 4.67. The molecule has 0 aliphatic carbocycles. The van der Waals surface area contributed by atoms with Crippen molar-refractivity contribution in [3.63, 3.8) is 0 Å². The summed E-state index contributed by atoms with van der Waals surface area (Å²) < 4.78 is 0. The van der Waals surface area contributed by atoms with E-state index in [0.29, 0.717) is 26.3 Å². The quantitative estimate of drug-likeness (QED) is 0.726. The molecule has 0 bridgehead atoms. The number of nitrogen functional groups attached to an aromatic ring is 2. The summed E-state index contributed by atoms with van der Waals surface area (Å²) in [5, 5.41) is 10.3. The van der Waals surface area contributed by atoms with E-state index in [0.717, 1.165) is 31.5 Å². The largest absolute Gasteiger partial charge is 0.397 e. The first-order chi connectivity index (χ1) is 12.6. The predicted molar refractivity (Wildman–Crippen MR) is 104 cm³/mol. The Morgan fingerprint density at radius 1 is 1.19 bits per heavy atom. The number of fused-ring (bicyclic) bond motifs is 1. The Balaban J connectivity index is 2.00. The van der Waals surface area contributed by atoms with Crippen LogP contribution in [0.1, 0.15) is 28.1 Å². The van der Waals surface area contributed by atoms with Crippen LogP contribution in [0.25, 0.3) is 21.3 Å². The monoisotopic (exact) mass is 363 g/mol. The molecule has 3 heterocycles. The number of rotatable bonds is 2. The van der Waals surface area contributed by atoms with Crippen LogP contribution in [-0.4, -0.2) is 28.9 Å². The van der Waals surface area contributed by atoms with Gasteiger partial charge in [0.2, 0.25) is 0 Å². The average Bonchev–Trinajstić information content (AvgIpc) is 3.29. The minimum atomic E-state index is -0.0703.